The van der Waals surface area contributed by atoms with Crippen LogP contribution in [0.2, 0.25) is 0 Å². The van der Waals surface area contributed by atoms with Gasteiger partial charge in [0.05, 0.1) is 25.6 Å². The SMILES string of the molecule is CNC(=O)C1COCCN1c1cncc(C(=O)O)n1. The minimum atomic E-state index is -1.15. The summed E-state index contributed by atoms with van der Waals surface area (Å²) in [5, 5.41) is 11.5. The lowest BCUT2D eigenvalue weighted by atomic mass is 10.2. The lowest BCUT2D eigenvalue weighted by Gasteiger charge is -2.34. The maximum Gasteiger partial charge on any atom is 0.356 e. The fourth-order valence-electron chi connectivity index (χ4n) is 1.86. The second kappa shape index (κ2) is 5.61. The Labute approximate surface area is 109 Å². The van der Waals surface area contributed by atoms with E-state index >= 15 is 0 Å². The summed E-state index contributed by atoms with van der Waals surface area (Å²) in [4.78, 5) is 32.2. The number of amides is 1. The number of nitrogens with zero attached hydrogens (tertiary/aromatic N) is 3. The molecular weight excluding hydrogens is 252 g/mol. The molecule has 0 saturated carbocycles. The highest BCUT2D eigenvalue weighted by Gasteiger charge is 2.30. The maximum atomic E-state index is 11.8. The monoisotopic (exact) mass is 266 g/mol. The van der Waals surface area contributed by atoms with E-state index in [2.05, 4.69) is 15.3 Å². The van der Waals surface area contributed by atoms with E-state index in [4.69, 9.17) is 9.84 Å². The van der Waals surface area contributed by atoms with Gasteiger partial charge in [0.25, 0.3) is 0 Å². The number of aromatic nitrogens is 2. The van der Waals surface area contributed by atoms with E-state index < -0.39 is 12.0 Å². The first kappa shape index (κ1) is 13.2. The van der Waals surface area contributed by atoms with Crippen molar-refractivity contribution in [1.29, 1.82) is 0 Å². The van der Waals surface area contributed by atoms with E-state index in [-0.39, 0.29) is 18.2 Å². The molecule has 1 atom stereocenters. The van der Waals surface area contributed by atoms with Crippen molar-refractivity contribution in [2.24, 2.45) is 0 Å². The Morgan fingerprint density at radius 3 is 3.00 bits per heavy atom. The summed E-state index contributed by atoms with van der Waals surface area (Å²) in [7, 11) is 1.54. The lowest BCUT2D eigenvalue weighted by Crippen LogP contribution is -2.53. The number of carboxylic acid groups (broad SMARTS) is 1. The van der Waals surface area contributed by atoms with Gasteiger partial charge in [0.15, 0.2) is 5.69 Å². The average molecular weight is 266 g/mol. The van der Waals surface area contributed by atoms with E-state index in [0.29, 0.717) is 19.0 Å². The highest BCUT2D eigenvalue weighted by Crippen LogP contribution is 2.17. The minimum Gasteiger partial charge on any atom is -0.476 e. The van der Waals surface area contributed by atoms with Crippen LogP contribution >= 0.6 is 0 Å². The molecule has 8 heteroatoms. The Kier molecular flexibility index (Phi) is 3.91. The molecule has 2 rings (SSSR count). The van der Waals surface area contributed by atoms with Crippen molar-refractivity contribution in [1.82, 2.24) is 15.3 Å². The third-order valence-electron chi connectivity index (χ3n) is 2.81. The van der Waals surface area contributed by atoms with Crippen molar-refractivity contribution >= 4 is 17.7 Å². The molecule has 1 amide bonds. The summed E-state index contributed by atoms with van der Waals surface area (Å²) in [6.07, 6.45) is 2.61. The van der Waals surface area contributed by atoms with Crippen molar-refractivity contribution in [3.63, 3.8) is 0 Å². The highest BCUT2D eigenvalue weighted by atomic mass is 16.5. The Morgan fingerprint density at radius 2 is 2.32 bits per heavy atom. The van der Waals surface area contributed by atoms with Crippen LogP contribution in [0.1, 0.15) is 10.5 Å². The van der Waals surface area contributed by atoms with Gasteiger partial charge in [0.2, 0.25) is 5.91 Å². The van der Waals surface area contributed by atoms with Gasteiger partial charge in [-0.2, -0.15) is 0 Å². The van der Waals surface area contributed by atoms with Crippen LogP contribution in [0.25, 0.3) is 0 Å². The zero-order valence-corrected chi connectivity index (χ0v) is 10.4. The lowest BCUT2D eigenvalue weighted by molar-refractivity contribution is -0.124. The first-order chi connectivity index (χ1) is 9.13. The third-order valence-corrected chi connectivity index (χ3v) is 2.81. The third kappa shape index (κ3) is 2.79. The molecule has 1 aromatic rings. The number of morpholine rings is 1. The molecule has 1 unspecified atom stereocenters. The number of aromatic carboxylic acids is 1. The first-order valence-corrected chi connectivity index (χ1v) is 5.75. The van der Waals surface area contributed by atoms with Crippen molar-refractivity contribution < 1.29 is 19.4 Å². The van der Waals surface area contributed by atoms with Crippen molar-refractivity contribution in [3.8, 4) is 0 Å². The largest absolute Gasteiger partial charge is 0.476 e. The molecule has 19 heavy (non-hydrogen) atoms. The molecule has 1 aliphatic heterocycles. The van der Waals surface area contributed by atoms with E-state index in [1.54, 1.807) is 4.90 Å². The second-order valence-corrected chi connectivity index (χ2v) is 3.97. The first-order valence-electron chi connectivity index (χ1n) is 5.75. The van der Waals surface area contributed by atoms with Gasteiger partial charge in [-0.3, -0.25) is 9.78 Å². The van der Waals surface area contributed by atoms with Gasteiger partial charge in [-0.15, -0.1) is 0 Å². The molecule has 1 fully saturated rings. The molecule has 1 aliphatic rings. The maximum absolute atomic E-state index is 11.8. The molecule has 0 aliphatic carbocycles. The fourth-order valence-corrected chi connectivity index (χ4v) is 1.86. The van der Waals surface area contributed by atoms with Crippen LogP contribution in [0.15, 0.2) is 12.4 Å². The highest BCUT2D eigenvalue weighted by molar-refractivity contribution is 5.86. The van der Waals surface area contributed by atoms with Crippen molar-refractivity contribution in [3.05, 3.63) is 18.1 Å². The number of anilines is 1. The zero-order chi connectivity index (χ0) is 13.8. The van der Waals surface area contributed by atoms with Crippen LogP contribution in [0, 0.1) is 0 Å². The number of ether oxygens (including phenoxy) is 1. The van der Waals surface area contributed by atoms with Crippen molar-refractivity contribution in [2.75, 3.05) is 31.7 Å². The van der Waals surface area contributed by atoms with Gasteiger partial charge < -0.3 is 20.1 Å². The molecule has 2 N–H and O–H groups in total. The standard InChI is InChI=1S/C11H14N4O4/c1-12-10(16)8-6-19-3-2-15(8)9-5-13-4-7(14-9)11(17)18/h4-5,8H,2-3,6H2,1H3,(H,12,16)(H,17,18). The topological polar surface area (TPSA) is 105 Å². The number of rotatable bonds is 3. The molecule has 0 bridgehead atoms. The van der Waals surface area contributed by atoms with Crippen LogP contribution in [0.5, 0.6) is 0 Å². The van der Waals surface area contributed by atoms with Crippen LogP contribution in [0.3, 0.4) is 0 Å². The van der Waals surface area contributed by atoms with E-state index in [1.165, 1.54) is 19.4 Å². The van der Waals surface area contributed by atoms with Crippen molar-refractivity contribution in [2.45, 2.75) is 6.04 Å². The normalized spacial score (nSPS) is 19.0. The quantitative estimate of drug-likeness (QED) is 0.732. The summed E-state index contributed by atoms with van der Waals surface area (Å²) in [6, 6.07) is -0.530. The number of carbonyl (C=O) groups is 2. The number of carbonyl (C=O) groups excluding carboxylic acids is 1. The van der Waals surface area contributed by atoms with Crippen LogP contribution in [-0.4, -0.2) is 59.8 Å². The van der Waals surface area contributed by atoms with Crippen LogP contribution in [0.4, 0.5) is 5.82 Å². The summed E-state index contributed by atoms with van der Waals surface area (Å²) in [5.41, 5.74) is -0.153. The number of carboxylic acids is 1. The summed E-state index contributed by atoms with van der Waals surface area (Å²) >= 11 is 0. The smallest absolute Gasteiger partial charge is 0.356 e. The molecule has 1 saturated heterocycles. The second-order valence-electron chi connectivity index (χ2n) is 3.97. The van der Waals surface area contributed by atoms with Gasteiger partial charge in [0, 0.05) is 13.6 Å². The van der Waals surface area contributed by atoms with E-state index in [0.717, 1.165) is 0 Å². The zero-order valence-electron chi connectivity index (χ0n) is 10.4. The minimum absolute atomic E-state index is 0.153. The number of likely N-dealkylation sites (N-methyl/N-ethyl adjacent to an activating group) is 1. The Morgan fingerprint density at radius 1 is 1.53 bits per heavy atom. The predicted molar refractivity (Wildman–Crippen MR) is 65.0 cm³/mol. The molecule has 2 heterocycles. The predicted octanol–water partition coefficient (Wildman–Crippen LogP) is -0.874. The van der Waals surface area contributed by atoms with Gasteiger partial charge in [-0.05, 0) is 0 Å². The van der Waals surface area contributed by atoms with Gasteiger partial charge >= 0.3 is 5.97 Å². The van der Waals surface area contributed by atoms with Gasteiger partial charge in [0.1, 0.15) is 11.9 Å². The number of nitrogens with one attached hydrogen (secondary N) is 1. The van der Waals surface area contributed by atoms with E-state index in [1.807, 2.05) is 0 Å². The Hall–Kier alpha value is -2.22. The summed E-state index contributed by atoms with van der Waals surface area (Å²) in [6.45, 7) is 1.14. The molecule has 102 valence electrons. The molecular formula is C11H14N4O4. The van der Waals surface area contributed by atoms with Crippen LogP contribution < -0.4 is 10.2 Å². The van der Waals surface area contributed by atoms with Gasteiger partial charge in [-0.25, -0.2) is 9.78 Å². The van der Waals surface area contributed by atoms with Gasteiger partial charge in [-0.1, -0.05) is 0 Å². The average Bonchev–Trinajstić information content (AvgIpc) is 2.46. The summed E-state index contributed by atoms with van der Waals surface area (Å²) < 4.78 is 5.27. The fraction of sp³-hybridized carbons (Fsp3) is 0.455. The number of hydrogen-bond donors (Lipinski definition) is 2. The molecule has 0 radical (unpaired) electrons. The van der Waals surface area contributed by atoms with Crippen LogP contribution in [-0.2, 0) is 9.53 Å². The Bertz CT molecular complexity index is 493. The molecule has 0 aromatic carbocycles. The molecule has 1 aromatic heterocycles. The molecule has 8 nitrogen and oxygen atoms in total. The number of hydrogen-bond acceptors (Lipinski definition) is 6. The summed E-state index contributed by atoms with van der Waals surface area (Å²) in [5.74, 6) is -1.00. The van der Waals surface area contributed by atoms with E-state index in [9.17, 15) is 9.59 Å². The Balaban J connectivity index is 2.29. The molecule has 0 spiro atoms.